The molecule has 0 heterocycles. The summed E-state index contributed by atoms with van der Waals surface area (Å²) < 4.78 is 0. The van der Waals surface area contributed by atoms with E-state index in [0.717, 1.165) is 26.2 Å². The minimum Gasteiger partial charge on any atom is -0.310 e. The molecule has 18 heavy (non-hydrogen) atoms. The molecule has 0 radical (unpaired) electrons. The highest BCUT2D eigenvalue weighted by Crippen LogP contribution is 2.00. The maximum absolute atomic E-state index is 3.52. The topological polar surface area (TPSA) is 15.3 Å². The Balaban J connectivity index is 2.23. The molecule has 2 heteroatoms. The molecule has 2 nitrogen and oxygen atoms in total. The predicted octanol–water partition coefficient (Wildman–Crippen LogP) is 3.02. The molecule has 100 valence electrons. The third-order valence-electron chi connectivity index (χ3n) is 3.12. The molecule has 0 spiro atoms. The number of hydrogen-bond donors (Lipinski definition) is 1. The normalized spacial score (nSPS) is 13.3. The van der Waals surface area contributed by atoms with Gasteiger partial charge in [-0.05, 0) is 25.6 Å². The van der Waals surface area contributed by atoms with E-state index in [1.165, 1.54) is 5.56 Å². The zero-order chi connectivity index (χ0) is 13.2. The van der Waals surface area contributed by atoms with E-state index in [4.69, 9.17) is 0 Å². The lowest BCUT2D eigenvalue weighted by atomic mass is 10.2. The van der Waals surface area contributed by atoms with Crippen LogP contribution in [0.3, 0.4) is 0 Å². The van der Waals surface area contributed by atoms with Crippen molar-refractivity contribution in [3.63, 3.8) is 0 Å². The summed E-state index contributed by atoms with van der Waals surface area (Å²) in [7, 11) is 0. The van der Waals surface area contributed by atoms with Crippen molar-refractivity contribution in [2.24, 2.45) is 0 Å². The summed E-state index contributed by atoms with van der Waals surface area (Å²) in [5, 5.41) is 3.52. The van der Waals surface area contributed by atoms with Crippen molar-refractivity contribution in [3.8, 4) is 0 Å². The summed E-state index contributed by atoms with van der Waals surface area (Å²) in [6.07, 6.45) is 4.35. The van der Waals surface area contributed by atoms with E-state index < -0.39 is 0 Å². The van der Waals surface area contributed by atoms with Crippen molar-refractivity contribution < 1.29 is 0 Å². The van der Waals surface area contributed by atoms with Crippen LogP contribution in [0, 0.1) is 0 Å². The van der Waals surface area contributed by atoms with Gasteiger partial charge < -0.3 is 10.2 Å². The Morgan fingerprint density at radius 2 is 1.83 bits per heavy atom. The molecule has 0 saturated carbocycles. The minimum atomic E-state index is 0.533. The third kappa shape index (κ3) is 5.99. The molecule has 1 atom stereocenters. The van der Waals surface area contributed by atoms with Crippen LogP contribution in [0.5, 0.6) is 0 Å². The molecule has 0 aliphatic carbocycles. The first kappa shape index (κ1) is 14.9. The summed E-state index contributed by atoms with van der Waals surface area (Å²) in [6, 6.07) is 10.9. The van der Waals surface area contributed by atoms with Crippen LogP contribution in [0.1, 0.15) is 26.3 Å². The van der Waals surface area contributed by atoms with E-state index in [1.54, 1.807) is 0 Å². The van der Waals surface area contributed by atoms with E-state index in [1.807, 2.05) is 6.07 Å². The molecule has 0 aromatic heterocycles. The smallest absolute Gasteiger partial charge is 0.0169 e. The highest BCUT2D eigenvalue weighted by Gasteiger charge is 2.04. The fourth-order valence-electron chi connectivity index (χ4n) is 1.96. The van der Waals surface area contributed by atoms with Crippen LogP contribution in [0.25, 0.3) is 6.08 Å². The summed E-state index contributed by atoms with van der Waals surface area (Å²) in [5.74, 6) is 0. The second-order valence-corrected chi connectivity index (χ2v) is 4.61. The summed E-state index contributed by atoms with van der Waals surface area (Å²) in [5.41, 5.74) is 1.26. The molecular formula is C16H26N2. The Morgan fingerprint density at radius 1 is 1.17 bits per heavy atom. The molecule has 0 fully saturated rings. The van der Waals surface area contributed by atoms with Crippen molar-refractivity contribution in [1.82, 2.24) is 10.2 Å². The standard InChI is InChI=1S/C16H26N2/c1-4-18(5-2)14-15(3)17-13-9-12-16-10-7-6-8-11-16/h6-12,15,17H,4-5,13-14H2,1-3H3. The van der Waals surface area contributed by atoms with Crippen molar-refractivity contribution in [2.45, 2.75) is 26.8 Å². The molecular weight excluding hydrogens is 220 g/mol. The van der Waals surface area contributed by atoms with Crippen LogP contribution in [0.2, 0.25) is 0 Å². The highest BCUT2D eigenvalue weighted by atomic mass is 15.1. The zero-order valence-electron chi connectivity index (χ0n) is 11.9. The number of likely N-dealkylation sites (N-methyl/N-ethyl adjacent to an activating group) is 1. The Hall–Kier alpha value is -1.12. The largest absolute Gasteiger partial charge is 0.310 e. The number of nitrogens with zero attached hydrogens (tertiary/aromatic N) is 1. The molecule has 0 aliphatic heterocycles. The van der Waals surface area contributed by atoms with E-state index in [0.29, 0.717) is 6.04 Å². The average molecular weight is 246 g/mol. The lowest BCUT2D eigenvalue weighted by Crippen LogP contribution is -2.39. The van der Waals surface area contributed by atoms with Gasteiger partial charge in [-0.1, -0.05) is 56.3 Å². The van der Waals surface area contributed by atoms with Crippen LogP contribution in [-0.4, -0.2) is 37.1 Å². The minimum absolute atomic E-state index is 0.533. The molecule has 1 N–H and O–H groups in total. The van der Waals surface area contributed by atoms with E-state index in [9.17, 15) is 0 Å². The predicted molar refractivity (Wildman–Crippen MR) is 80.7 cm³/mol. The van der Waals surface area contributed by atoms with E-state index in [-0.39, 0.29) is 0 Å². The van der Waals surface area contributed by atoms with E-state index >= 15 is 0 Å². The Morgan fingerprint density at radius 3 is 2.44 bits per heavy atom. The Bertz CT molecular complexity index is 328. The van der Waals surface area contributed by atoms with Gasteiger partial charge in [0, 0.05) is 19.1 Å². The molecule has 0 bridgehead atoms. The number of nitrogens with one attached hydrogen (secondary N) is 1. The molecule has 1 rings (SSSR count). The maximum Gasteiger partial charge on any atom is 0.0169 e. The monoisotopic (exact) mass is 246 g/mol. The molecule has 0 aliphatic rings. The second-order valence-electron chi connectivity index (χ2n) is 4.61. The summed E-state index contributed by atoms with van der Waals surface area (Å²) in [6.45, 7) is 11.0. The second kappa shape index (κ2) is 8.90. The molecule has 0 amide bonds. The van der Waals surface area contributed by atoms with Gasteiger partial charge >= 0.3 is 0 Å². The first-order valence-electron chi connectivity index (χ1n) is 6.93. The van der Waals surface area contributed by atoms with Crippen LogP contribution in [-0.2, 0) is 0 Å². The van der Waals surface area contributed by atoms with Crippen molar-refractivity contribution in [1.29, 1.82) is 0 Å². The van der Waals surface area contributed by atoms with Gasteiger partial charge in [0.15, 0.2) is 0 Å². The molecule has 0 saturated heterocycles. The number of rotatable bonds is 8. The number of hydrogen-bond acceptors (Lipinski definition) is 2. The van der Waals surface area contributed by atoms with Crippen molar-refractivity contribution in [2.75, 3.05) is 26.2 Å². The lowest BCUT2D eigenvalue weighted by Gasteiger charge is -2.23. The van der Waals surface area contributed by atoms with Crippen molar-refractivity contribution >= 4 is 6.08 Å². The maximum atomic E-state index is 3.52. The third-order valence-corrected chi connectivity index (χ3v) is 3.12. The quantitative estimate of drug-likeness (QED) is 0.758. The highest BCUT2D eigenvalue weighted by molar-refractivity contribution is 5.48. The van der Waals surface area contributed by atoms with Gasteiger partial charge in [0.1, 0.15) is 0 Å². The zero-order valence-corrected chi connectivity index (χ0v) is 11.9. The lowest BCUT2D eigenvalue weighted by molar-refractivity contribution is 0.274. The summed E-state index contributed by atoms with van der Waals surface area (Å²) in [4.78, 5) is 2.44. The molecule has 1 aromatic carbocycles. The van der Waals surface area contributed by atoms with Crippen LogP contribution >= 0.6 is 0 Å². The first-order chi connectivity index (χ1) is 8.76. The van der Waals surface area contributed by atoms with Gasteiger partial charge in [-0.3, -0.25) is 0 Å². The summed E-state index contributed by atoms with van der Waals surface area (Å²) >= 11 is 0. The van der Waals surface area contributed by atoms with Crippen LogP contribution < -0.4 is 5.32 Å². The fraction of sp³-hybridized carbons (Fsp3) is 0.500. The van der Waals surface area contributed by atoms with Gasteiger partial charge in [0.2, 0.25) is 0 Å². The van der Waals surface area contributed by atoms with Gasteiger partial charge in [0.05, 0.1) is 0 Å². The number of benzene rings is 1. The average Bonchev–Trinajstić information content (AvgIpc) is 2.42. The fourth-order valence-corrected chi connectivity index (χ4v) is 1.96. The van der Waals surface area contributed by atoms with Crippen LogP contribution in [0.15, 0.2) is 36.4 Å². The van der Waals surface area contributed by atoms with Crippen LogP contribution in [0.4, 0.5) is 0 Å². The van der Waals surface area contributed by atoms with Crippen molar-refractivity contribution in [3.05, 3.63) is 42.0 Å². The van der Waals surface area contributed by atoms with Gasteiger partial charge in [-0.2, -0.15) is 0 Å². The Labute approximate surface area is 112 Å². The van der Waals surface area contributed by atoms with E-state index in [2.05, 4.69) is 67.4 Å². The van der Waals surface area contributed by atoms with Gasteiger partial charge in [0.25, 0.3) is 0 Å². The SMILES string of the molecule is CCN(CC)CC(C)NCC=Cc1ccccc1. The van der Waals surface area contributed by atoms with Gasteiger partial charge in [-0.25, -0.2) is 0 Å². The first-order valence-corrected chi connectivity index (χ1v) is 6.93. The molecule has 1 aromatic rings. The Kier molecular flexibility index (Phi) is 7.38. The molecule has 1 unspecified atom stereocenters. The van der Waals surface area contributed by atoms with Gasteiger partial charge in [-0.15, -0.1) is 0 Å².